The van der Waals surface area contributed by atoms with Gasteiger partial charge in [0.1, 0.15) is 5.39 Å². The molecule has 2 aromatic carbocycles. The molecule has 0 saturated heterocycles. The molecule has 8 heteroatoms. The Morgan fingerprint density at radius 2 is 2.04 bits per heavy atom. The molecule has 1 atom stereocenters. The first-order chi connectivity index (χ1) is 13.1. The van der Waals surface area contributed by atoms with Crippen molar-refractivity contribution in [2.75, 3.05) is 5.75 Å². The summed E-state index contributed by atoms with van der Waals surface area (Å²) in [6, 6.07) is 14.1. The van der Waals surface area contributed by atoms with E-state index < -0.39 is 0 Å². The van der Waals surface area contributed by atoms with Crippen LogP contribution in [0.5, 0.6) is 0 Å². The molecular formula is C19H17N5O2S. The fraction of sp³-hybridized carbons (Fsp3) is 0.158. The topological polar surface area (TPSA) is 104 Å². The van der Waals surface area contributed by atoms with Crippen molar-refractivity contribution in [3.63, 3.8) is 0 Å². The molecule has 1 amide bonds. The lowest BCUT2D eigenvalue weighted by molar-refractivity contribution is -0.119. The number of carbonyl (C=O) groups excluding carboxylic acids is 1. The number of aromatic nitrogens is 4. The highest BCUT2D eigenvalue weighted by atomic mass is 32.2. The van der Waals surface area contributed by atoms with Crippen molar-refractivity contribution in [2.45, 2.75) is 18.1 Å². The largest absolute Gasteiger partial charge is 0.349 e. The first-order valence-corrected chi connectivity index (χ1v) is 9.43. The summed E-state index contributed by atoms with van der Waals surface area (Å²) in [6.45, 7) is 1.95. The van der Waals surface area contributed by atoms with E-state index in [1.54, 1.807) is 0 Å². The van der Waals surface area contributed by atoms with Crippen LogP contribution in [-0.2, 0) is 4.79 Å². The van der Waals surface area contributed by atoms with Crippen LogP contribution >= 0.6 is 11.8 Å². The molecule has 4 rings (SSSR count). The molecule has 4 aromatic rings. The molecule has 0 saturated carbocycles. The van der Waals surface area contributed by atoms with Gasteiger partial charge in [-0.05, 0) is 29.3 Å². The van der Waals surface area contributed by atoms with E-state index in [9.17, 15) is 9.59 Å². The number of amides is 1. The summed E-state index contributed by atoms with van der Waals surface area (Å²) >= 11 is 1.17. The lowest BCUT2D eigenvalue weighted by atomic mass is 10.0. The molecule has 27 heavy (non-hydrogen) atoms. The van der Waals surface area contributed by atoms with Gasteiger partial charge >= 0.3 is 0 Å². The number of fused-ring (bicyclic) bond motifs is 2. The normalized spacial score (nSPS) is 12.3. The molecule has 0 bridgehead atoms. The SMILES string of the molecule is C[C@@H](NC(=O)CSc1nc2[nH]ncc2c(=O)[nH]1)c1ccc2ccccc2c1. The Balaban J connectivity index is 1.41. The summed E-state index contributed by atoms with van der Waals surface area (Å²) in [6.07, 6.45) is 1.42. The lowest BCUT2D eigenvalue weighted by Crippen LogP contribution is -2.28. The van der Waals surface area contributed by atoms with Crippen LogP contribution in [0.1, 0.15) is 18.5 Å². The van der Waals surface area contributed by atoms with Gasteiger partial charge in [0.05, 0.1) is 18.0 Å². The number of aromatic amines is 2. The minimum absolute atomic E-state index is 0.121. The summed E-state index contributed by atoms with van der Waals surface area (Å²) in [4.78, 5) is 31.1. The summed E-state index contributed by atoms with van der Waals surface area (Å²) in [5, 5.41) is 12.5. The number of carbonyl (C=O) groups is 1. The van der Waals surface area contributed by atoms with E-state index in [1.165, 1.54) is 23.3 Å². The Bertz CT molecular complexity index is 1180. The minimum Gasteiger partial charge on any atom is -0.349 e. The van der Waals surface area contributed by atoms with Crippen LogP contribution in [0.2, 0.25) is 0 Å². The Kier molecular flexibility index (Phi) is 4.64. The van der Waals surface area contributed by atoms with Crippen LogP contribution < -0.4 is 10.9 Å². The van der Waals surface area contributed by atoms with Gasteiger partial charge < -0.3 is 10.3 Å². The number of nitrogens with one attached hydrogen (secondary N) is 3. The highest BCUT2D eigenvalue weighted by Crippen LogP contribution is 2.20. The smallest absolute Gasteiger partial charge is 0.262 e. The number of hydrogen-bond donors (Lipinski definition) is 3. The quantitative estimate of drug-likeness (QED) is 0.365. The third kappa shape index (κ3) is 3.70. The molecule has 0 unspecified atom stereocenters. The van der Waals surface area contributed by atoms with Crippen molar-refractivity contribution in [1.82, 2.24) is 25.5 Å². The van der Waals surface area contributed by atoms with E-state index >= 15 is 0 Å². The van der Waals surface area contributed by atoms with Gasteiger partial charge in [0.25, 0.3) is 5.56 Å². The van der Waals surface area contributed by atoms with E-state index in [0.29, 0.717) is 16.2 Å². The first-order valence-electron chi connectivity index (χ1n) is 8.44. The van der Waals surface area contributed by atoms with E-state index in [-0.39, 0.29) is 23.3 Å². The average Bonchev–Trinajstić information content (AvgIpc) is 3.15. The molecule has 2 aromatic heterocycles. The van der Waals surface area contributed by atoms with Crippen molar-refractivity contribution in [3.05, 3.63) is 64.6 Å². The molecule has 0 spiro atoms. The molecule has 0 radical (unpaired) electrons. The molecule has 0 fully saturated rings. The maximum atomic E-state index is 12.3. The summed E-state index contributed by atoms with van der Waals surface area (Å²) in [5.74, 6) is 0.0218. The molecule has 136 valence electrons. The zero-order valence-corrected chi connectivity index (χ0v) is 15.3. The van der Waals surface area contributed by atoms with Crippen molar-refractivity contribution in [2.24, 2.45) is 0 Å². The number of thioether (sulfide) groups is 1. The predicted octanol–water partition coefficient (Wildman–Crippen LogP) is 2.77. The fourth-order valence-electron chi connectivity index (χ4n) is 2.87. The number of H-pyrrole nitrogens is 2. The summed E-state index contributed by atoms with van der Waals surface area (Å²) in [7, 11) is 0. The molecule has 0 aliphatic rings. The number of benzene rings is 2. The zero-order valence-electron chi connectivity index (χ0n) is 14.5. The van der Waals surface area contributed by atoms with Crippen molar-refractivity contribution >= 4 is 39.5 Å². The van der Waals surface area contributed by atoms with Crippen molar-refractivity contribution < 1.29 is 4.79 Å². The van der Waals surface area contributed by atoms with Crippen molar-refractivity contribution in [3.8, 4) is 0 Å². The molecule has 3 N–H and O–H groups in total. The Hall–Kier alpha value is -3.13. The second-order valence-corrected chi connectivity index (χ2v) is 7.15. The van der Waals surface area contributed by atoms with Gasteiger partial charge in [0, 0.05) is 0 Å². The van der Waals surface area contributed by atoms with Gasteiger partial charge in [0.15, 0.2) is 10.8 Å². The Morgan fingerprint density at radius 1 is 1.22 bits per heavy atom. The molecule has 2 heterocycles. The van der Waals surface area contributed by atoms with Gasteiger partial charge in [-0.25, -0.2) is 4.98 Å². The first kappa shape index (κ1) is 17.3. The zero-order chi connectivity index (χ0) is 18.8. The fourth-order valence-corrected chi connectivity index (χ4v) is 3.54. The van der Waals surface area contributed by atoms with Gasteiger partial charge in [-0.1, -0.05) is 48.2 Å². The monoisotopic (exact) mass is 379 g/mol. The number of hydrogen-bond acceptors (Lipinski definition) is 5. The predicted molar refractivity (Wildman–Crippen MR) is 106 cm³/mol. The average molecular weight is 379 g/mol. The van der Waals surface area contributed by atoms with Crippen LogP contribution in [0.15, 0.2) is 58.6 Å². The maximum absolute atomic E-state index is 12.3. The Labute approximate surface area is 158 Å². The van der Waals surface area contributed by atoms with Crippen LogP contribution in [0.4, 0.5) is 0 Å². The van der Waals surface area contributed by atoms with Crippen molar-refractivity contribution in [1.29, 1.82) is 0 Å². The summed E-state index contributed by atoms with van der Waals surface area (Å²) < 4.78 is 0. The van der Waals surface area contributed by atoms with Crippen LogP contribution in [0, 0.1) is 0 Å². The van der Waals surface area contributed by atoms with Gasteiger partial charge in [-0.15, -0.1) is 0 Å². The molecule has 0 aliphatic carbocycles. The van der Waals surface area contributed by atoms with Gasteiger partial charge in [-0.2, -0.15) is 5.10 Å². The second kappa shape index (κ2) is 7.24. The second-order valence-electron chi connectivity index (χ2n) is 6.19. The van der Waals surface area contributed by atoms with Crippen LogP contribution in [0.25, 0.3) is 21.8 Å². The van der Waals surface area contributed by atoms with Gasteiger partial charge in [0.2, 0.25) is 5.91 Å². The third-order valence-corrected chi connectivity index (χ3v) is 5.16. The number of rotatable bonds is 5. The number of nitrogens with zero attached hydrogens (tertiary/aromatic N) is 2. The summed E-state index contributed by atoms with van der Waals surface area (Å²) in [5.41, 5.74) is 1.17. The van der Waals surface area contributed by atoms with Gasteiger partial charge in [-0.3, -0.25) is 14.7 Å². The molecule has 7 nitrogen and oxygen atoms in total. The maximum Gasteiger partial charge on any atom is 0.262 e. The van der Waals surface area contributed by atoms with Crippen LogP contribution in [0.3, 0.4) is 0 Å². The standard InChI is InChI=1S/C19H17N5O2S/c1-11(13-7-6-12-4-2-3-5-14(12)8-13)21-16(25)10-27-19-22-17-15(9-20-24-17)18(26)23-19/h2-9,11H,10H2,1H3,(H,21,25)(H2,20,22,23,24,26)/t11-/m1/s1. The molecular weight excluding hydrogens is 362 g/mol. The van der Waals surface area contributed by atoms with E-state index in [1.807, 2.05) is 25.1 Å². The van der Waals surface area contributed by atoms with E-state index in [2.05, 4.69) is 49.7 Å². The lowest BCUT2D eigenvalue weighted by Gasteiger charge is -2.15. The minimum atomic E-state index is -0.277. The Morgan fingerprint density at radius 3 is 2.89 bits per heavy atom. The molecule has 0 aliphatic heterocycles. The van der Waals surface area contributed by atoms with Crippen LogP contribution in [-0.4, -0.2) is 31.8 Å². The van der Waals surface area contributed by atoms with E-state index in [0.717, 1.165) is 10.9 Å². The highest BCUT2D eigenvalue weighted by molar-refractivity contribution is 7.99. The third-order valence-electron chi connectivity index (χ3n) is 4.29. The van der Waals surface area contributed by atoms with E-state index in [4.69, 9.17) is 0 Å². The highest BCUT2D eigenvalue weighted by Gasteiger charge is 2.12.